The second kappa shape index (κ2) is 4.48. The van der Waals surface area contributed by atoms with E-state index in [2.05, 4.69) is 16.9 Å². The largest absolute Gasteiger partial charge is 0.388 e. The maximum absolute atomic E-state index is 5.86. The number of nitrogens with zero attached hydrogens (tertiary/aromatic N) is 2. The van der Waals surface area contributed by atoms with Gasteiger partial charge in [0.1, 0.15) is 10.7 Å². The van der Waals surface area contributed by atoms with E-state index in [-0.39, 0.29) is 4.99 Å². The highest BCUT2D eigenvalue weighted by Crippen LogP contribution is 2.12. The highest BCUT2D eigenvalue weighted by Gasteiger charge is 2.05. The maximum atomic E-state index is 5.86. The van der Waals surface area contributed by atoms with E-state index < -0.39 is 0 Å². The average molecular weight is 216 g/mol. The molecule has 0 bridgehead atoms. The Morgan fingerprint density at radius 1 is 1.69 bits per heavy atom. The summed E-state index contributed by atoms with van der Waals surface area (Å²) in [7, 11) is 0. The van der Waals surface area contributed by atoms with Gasteiger partial charge in [0, 0.05) is 0 Å². The third kappa shape index (κ3) is 2.60. The Bertz CT molecular complexity index is 327. The fourth-order valence-electron chi connectivity index (χ4n) is 0.915. The van der Waals surface area contributed by atoms with Gasteiger partial charge < -0.3 is 5.73 Å². The molecule has 0 fully saturated rings. The van der Waals surface area contributed by atoms with E-state index in [9.17, 15) is 0 Å². The van der Waals surface area contributed by atoms with Gasteiger partial charge in [-0.15, -0.1) is 0 Å². The lowest BCUT2D eigenvalue weighted by atomic mass is 10.2. The van der Waals surface area contributed by atoms with Gasteiger partial charge in [-0.25, -0.2) is 4.98 Å². The number of nitrogens with two attached hydrogens (primary N) is 1. The van der Waals surface area contributed by atoms with Crippen LogP contribution in [0.5, 0.6) is 0 Å². The van der Waals surface area contributed by atoms with Crippen molar-refractivity contribution in [3.63, 3.8) is 0 Å². The van der Waals surface area contributed by atoms with Crippen LogP contribution in [-0.4, -0.2) is 15.0 Å². The molecule has 0 saturated carbocycles. The van der Waals surface area contributed by atoms with Crippen LogP contribution >= 0.6 is 23.8 Å². The van der Waals surface area contributed by atoms with Gasteiger partial charge in [-0.2, -0.15) is 0 Å². The second-order valence-electron chi connectivity index (χ2n) is 2.61. The Morgan fingerprint density at radius 3 is 2.85 bits per heavy atom. The van der Waals surface area contributed by atoms with Crippen molar-refractivity contribution in [2.75, 3.05) is 0 Å². The van der Waals surface area contributed by atoms with E-state index in [1.54, 1.807) is 6.20 Å². The van der Waals surface area contributed by atoms with E-state index in [1.807, 2.05) is 0 Å². The van der Waals surface area contributed by atoms with Crippen LogP contribution in [-0.2, 0) is 6.42 Å². The molecule has 1 aromatic heterocycles. The van der Waals surface area contributed by atoms with Crippen molar-refractivity contribution in [2.24, 2.45) is 5.73 Å². The summed E-state index contributed by atoms with van der Waals surface area (Å²) in [6.45, 7) is 2.06. The minimum atomic E-state index is 0.220. The molecule has 0 aliphatic rings. The lowest BCUT2D eigenvalue weighted by Crippen LogP contribution is -2.13. The van der Waals surface area contributed by atoms with Crippen molar-refractivity contribution in [3.8, 4) is 0 Å². The van der Waals surface area contributed by atoms with Crippen LogP contribution in [0, 0.1) is 0 Å². The first-order valence-corrected chi connectivity index (χ1v) is 4.75. The summed E-state index contributed by atoms with van der Waals surface area (Å²) in [4.78, 5) is 8.38. The van der Waals surface area contributed by atoms with Gasteiger partial charge in [-0.3, -0.25) is 4.98 Å². The number of rotatable bonds is 3. The van der Waals surface area contributed by atoms with E-state index in [0.717, 1.165) is 18.5 Å². The number of hydrogen-bond donors (Lipinski definition) is 1. The molecule has 0 aliphatic carbocycles. The summed E-state index contributed by atoms with van der Waals surface area (Å²) in [5.41, 5.74) is 6.64. The van der Waals surface area contributed by atoms with Crippen LogP contribution in [0.2, 0.25) is 5.15 Å². The molecule has 0 spiro atoms. The summed E-state index contributed by atoms with van der Waals surface area (Å²) in [6, 6.07) is 0. The Hall–Kier alpha value is -0.740. The molecule has 70 valence electrons. The van der Waals surface area contributed by atoms with Crippen molar-refractivity contribution < 1.29 is 0 Å². The molecule has 13 heavy (non-hydrogen) atoms. The fourth-order valence-corrected chi connectivity index (χ4v) is 1.25. The predicted molar refractivity (Wildman–Crippen MR) is 56.9 cm³/mol. The highest BCUT2D eigenvalue weighted by molar-refractivity contribution is 7.80. The van der Waals surface area contributed by atoms with Crippen molar-refractivity contribution >= 4 is 28.8 Å². The van der Waals surface area contributed by atoms with Crippen LogP contribution < -0.4 is 5.73 Å². The zero-order chi connectivity index (χ0) is 9.84. The molecule has 1 aromatic rings. The first kappa shape index (κ1) is 10.3. The van der Waals surface area contributed by atoms with Crippen molar-refractivity contribution in [1.29, 1.82) is 0 Å². The molecular weight excluding hydrogens is 206 g/mol. The summed E-state index contributed by atoms with van der Waals surface area (Å²) in [5.74, 6) is 0. The number of aryl methyl sites for hydroxylation is 1. The molecule has 0 aromatic carbocycles. The predicted octanol–water partition coefficient (Wildman–Crippen LogP) is 1.72. The Balaban J connectivity index is 2.98. The van der Waals surface area contributed by atoms with Gasteiger partial charge in [-0.05, 0) is 6.42 Å². The molecule has 0 radical (unpaired) electrons. The van der Waals surface area contributed by atoms with Gasteiger partial charge in [0.15, 0.2) is 5.15 Å². The van der Waals surface area contributed by atoms with Crippen molar-refractivity contribution in [3.05, 3.63) is 22.7 Å². The van der Waals surface area contributed by atoms with E-state index in [4.69, 9.17) is 29.6 Å². The monoisotopic (exact) mass is 215 g/mol. The number of thiocarbonyl (C=S) groups is 1. The number of hydrogen-bond acceptors (Lipinski definition) is 3. The molecule has 5 heteroatoms. The summed E-state index contributed by atoms with van der Waals surface area (Å²) in [5, 5.41) is 0.396. The van der Waals surface area contributed by atoms with Crippen LogP contribution in [0.4, 0.5) is 0 Å². The zero-order valence-corrected chi connectivity index (χ0v) is 8.82. The van der Waals surface area contributed by atoms with Crippen molar-refractivity contribution in [2.45, 2.75) is 19.8 Å². The summed E-state index contributed by atoms with van der Waals surface area (Å²) < 4.78 is 0. The lowest BCUT2D eigenvalue weighted by Gasteiger charge is -2.02. The van der Waals surface area contributed by atoms with Crippen LogP contribution in [0.15, 0.2) is 6.20 Å². The SMILES string of the molecule is CCCc1ncc(C(N)=S)nc1Cl. The number of aromatic nitrogens is 2. The van der Waals surface area contributed by atoms with E-state index >= 15 is 0 Å². The maximum Gasteiger partial charge on any atom is 0.151 e. The highest BCUT2D eigenvalue weighted by atomic mass is 35.5. The molecule has 2 N–H and O–H groups in total. The minimum absolute atomic E-state index is 0.220. The van der Waals surface area contributed by atoms with Gasteiger partial charge in [0.25, 0.3) is 0 Å². The molecule has 0 aliphatic heterocycles. The standard InChI is InChI=1S/C8H10ClN3S/c1-2-3-5-7(9)12-6(4-11-5)8(10)13/h4H,2-3H2,1H3,(H2,10,13). The van der Waals surface area contributed by atoms with Gasteiger partial charge in [0.05, 0.1) is 11.9 Å². The average Bonchev–Trinajstić information content (AvgIpc) is 2.08. The van der Waals surface area contributed by atoms with Gasteiger partial charge in [0.2, 0.25) is 0 Å². The molecular formula is C8H10ClN3S. The molecule has 0 unspecified atom stereocenters. The molecule has 0 saturated heterocycles. The van der Waals surface area contributed by atoms with Crippen LogP contribution in [0.1, 0.15) is 24.7 Å². The van der Waals surface area contributed by atoms with E-state index in [0.29, 0.717) is 10.8 Å². The van der Waals surface area contributed by atoms with E-state index in [1.165, 1.54) is 0 Å². The second-order valence-corrected chi connectivity index (χ2v) is 3.40. The summed E-state index contributed by atoms with van der Waals surface area (Å²) in [6.07, 6.45) is 3.36. The minimum Gasteiger partial charge on any atom is -0.388 e. The topological polar surface area (TPSA) is 51.8 Å². The van der Waals surface area contributed by atoms with Crippen molar-refractivity contribution in [1.82, 2.24) is 9.97 Å². The third-order valence-electron chi connectivity index (χ3n) is 1.54. The lowest BCUT2D eigenvalue weighted by molar-refractivity contribution is 0.869. The Labute approximate surface area is 87.3 Å². The van der Waals surface area contributed by atoms with Gasteiger partial charge >= 0.3 is 0 Å². The first-order chi connectivity index (χ1) is 6.15. The molecule has 3 nitrogen and oxygen atoms in total. The Morgan fingerprint density at radius 2 is 2.38 bits per heavy atom. The molecule has 0 amide bonds. The van der Waals surface area contributed by atoms with Crippen LogP contribution in [0.3, 0.4) is 0 Å². The first-order valence-electron chi connectivity index (χ1n) is 3.96. The molecule has 1 heterocycles. The van der Waals surface area contributed by atoms with Crippen LogP contribution in [0.25, 0.3) is 0 Å². The number of halogens is 1. The fraction of sp³-hybridized carbons (Fsp3) is 0.375. The van der Waals surface area contributed by atoms with Gasteiger partial charge in [-0.1, -0.05) is 37.2 Å². The molecule has 1 rings (SSSR count). The zero-order valence-electron chi connectivity index (χ0n) is 7.25. The quantitative estimate of drug-likeness (QED) is 0.781. The normalized spacial score (nSPS) is 10.0. The third-order valence-corrected chi connectivity index (χ3v) is 2.05. The summed E-state index contributed by atoms with van der Waals surface area (Å²) >= 11 is 10.6. The molecule has 0 atom stereocenters. The Kier molecular flexibility index (Phi) is 3.57. The smallest absolute Gasteiger partial charge is 0.151 e.